The van der Waals surface area contributed by atoms with Crippen molar-refractivity contribution in [2.24, 2.45) is 11.8 Å². The van der Waals surface area contributed by atoms with Crippen molar-refractivity contribution < 1.29 is 19.1 Å². The number of aromatic nitrogens is 1. The highest BCUT2D eigenvalue weighted by molar-refractivity contribution is 8.00. The second-order valence-corrected chi connectivity index (χ2v) is 12.4. The van der Waals surface area contributed by atoms with E-state index in [4.69, 9.17) is 4.74 Å². The molecule has 0 aliphatic carbocycles. The highest BCUT2D eigenvalue weighted by atomic mass is 32.2. The summed E-state index contributed by atoms with van der Waals surface area (Å²) in [4.78, 5) is 42.6. The molecule has 1 aliphatic rings. The topological polar surface area (TPSA) is 148 Å². The molecule has 4 rings (SSSR count). The van der Waals surface area contributed by atoms with Gasteiger partial charge in [0.1, 0.15) is 22.7 Å². The van der Waals surface area contributed by atoms with E-state index in [-0.39, 0.29) is 23.7 Å². The number of amides is 3. The SMILES string of the molecule is COc1cccc2[nH]c(C(=O)N[C@@H](CC(C)C)C(=O)N[C@@H](C[C@@H]3CCNC3=O)C(C#N)SCCNc3ccccc3)cc12. The summed E-state index contributed by atoms with van der Waals surface area (Å²) in [5.41, 5.74) is 2.06. The second-order valence-electron chi connectivity index (χ2n) is 11.1. The van der Waals surface area contributed by atoms with Gasteiger partial charge in [0.2, 0.25) is 11.8 Å². The maximum atomic E-state index is 13.7. The minimum atomic E-state index is -0.829. The lowest BCUT2D eigenvalue weighted by molar-refractivity contribution is -0.125. The molecule has 1 unspecified atom stereocenters. The second kappa shape index (κ2) is 15.3. The number of benzene rings is 2. The molecule has 4 atom stereocenters. The zero-order chi connectivity index (χ0) is 30.8. The molecule has 0 spiro atoms. The van der Waals surface area contributed by atoms with E-state index in [0.29, 0.717) is 49.5 Å². The van der Waals surface area contributed by atoms with Gasteiger partial charge >= 0.3 is 0 Å². The number of nitrogens with one attached hydrogen (secondary N) is 5. The highest BCUT2D eigenvalue weighted by Gasteiger charge is 2.34. The number of anilines is 1. The predicted octanol–water partition coefficient (Wildman–Crippen LogP) is 4.07. The van der Waals surface area contributed by atoms with Gasteiger partial charge in [0.05, 0.1) is 19.2 Å². The largest absolute Gasteiger partial charge is 0.496 e. The van der Waals surface area contributed by atoms with Crippen LogP contribution in [0.1, 0.15) is 43.6 Å². The summed E-state index contributed by atoms with van der Waals surface area (Å²) in [6.45, 7) is 5.18. The number of aromatic amines is 1. The number of carbonyl (C=O) groups is 3. The Bertz CT molecular complexity index is 1440. The van der Waals surface area contributed by atoms with Crippen LogP contribution in [0.5, 0.6) is 5.75 Å². The van der Waals surface area contributed by atoms with E-state index in [0.717, 1.165) is 16.6 Å². The first kappa shape index (κ1) is 31.8. The Balaban J connectivity index is 1.46. The molecule has 1 aromatic heterocycles. The number of fused-ring (bicyclic) bond motifs is 1. The molecule has 2 heterocycles. The van der Waals surface area contributed by atoms with E-state index in [1.54, 1.807) is 13.2 Å². The van der Waals surface area contributed by atoms with Crippen LogP contribution in [0.15, 0.2) is 54.6 Å². The molecule has 10 nitrogen and oxygen atoms in total. The standard InChI is InChI=1S/C32H40N6O4S/c1-20(2)16-26(38-32(41)27-18-23-24(36-27)10-7-11-28(23)42-3)31(40)37-25(17-21-12-13-35-30(21)39)29(19-33)43-15-14-34-22-8-5-4-6-9-22/h4-11,18,20-21,25-26,29,34,36H,12-17H2,1-3H3,(H,35,39)(H,37,40)(H,38,41)/t21-,25-,26-,29?/m0/s1. The van der Waals surface area contributed by atoms with Crippen molar-refractivity contribution in [1.29, 1.82) is 5.26 Å². The lowest BCUT2D eigenvalue weighted by atomic mass is 9.95. The number of carbonyl (C=O) groups excluding carboxylic acids is 3. The fraction of sp³-hybridized carbons (Fsp3) is 0.438. The van der Waals surface area contributed by atoms with E-state index in [9.17, 15) is 19.6 Å². The maximum absolute atomic E-state index is 13.7. The number of para-hydroxylation sites is 1. The summed E-state index contributed by atoms with van der Waals surface area (Å²) in [6, 6.07) is 18.0. The number of nitriles is 1. The number of rotatable bonds is 15. The van der Waals surface area contributed by atoms with Gasteiger partial charge in [-0.05, 0) is 55.5 Å². The third-order valence-corrected chi connectivity index (χ3v) is 8.67. The average molecular weight is 605 g/mol. The maximum Gasteiger partial charge on any atom is 0.268 e. The average Bonchev–Trinajstić information content (AvgIpc) is 3.62. The van der Waals surface area contributed by atoms with E-state index in [1.807, 2.05) is 62.4 Å². The van der Waals surface area contributed by atoms with Gasteiger partial charge in [0.25, 0.3) is 5.91 Å². The first-order chi connectivity index (χ1) is 20.8. The molecule has 0 bridgehead atoms. The number of thioether (sulfide) groups is 1. The van der Waals surface area contributed by atoms with Crippen LogP contribution in [-0.4, -0.2) is 66.0 Å². The Hall–Kier alpha value is -4.17. The molecule has 1 aliphatic heterocycles. The van der Waals surface area contributed by atoms with Gasteiger partial charge in [0.15, 0.2) is 0 Å². The molecule has 228 valence electrons. The van der Waals surface area contributed by atoms with Crippen LogP contribution in [0.4, 0.5) is 5.69 Å². The Morgan fingerprint density at radius 2 is 1.93 bits per heavy atom. The van der Waals surface area contributed by atoms with Crippen LogP contribution in [0.25, 0.3) is 10.9 Å². The van der Waals surface area contributed by atoms with Crippen molar-refractivity contribution in [3.8, 4) is 11.8 Å². The van der Waals surface area contributed by atoms with Crippen molar-refractivity contribution in [2.75, 3.05) is 31.3 Å². The van der Waals surface area contributed by atoms with Crippen molar-refractivity contribution in [1.82, 2.24) is 20.9 Å². The lowest BCUT2D eigenvalue weighted by Crippen LogP contribution is -2.53. The summed E-state index contributed by atoms with van der Waals surface area (Å²) in [5, 5.41) is 22.5. The number of hydrogen-bond donors (Lipinski definition) is 5. The molecule has 1 fully saturated rings. The van der Waals surface area contributed by atoms with E-state index >= 15 is 0 Å². The van der Waals surface area contributed by atoms with Gasteiger partial charge in [0, 0.05) is 41.4 Å². The number of methoxy groups -OCH3 is 1. The van der Waals surface area contributed by atoms with Crippen LogP contribution in [0.2, 0.25) is 0 Å². The Morgan fingerprint density at radius 1 is 1.14 bits per heavy atom. The number of H-pyrrole nitrogens is 1. The third-order valence-electron chi connectivity index (χ3n) is 7.44. The van der Waals surface area contributed by atoms with Crippen LogP contribution in [0.3, 0.4) is 0 Å². The van der Waals surface area contributed by atoms with Gasteiger partial charge < -0.3 is 31.0 Å². The van der Waals surface area contributed by atoms with Gasteiger partial charge in [-0.3, -0.25) is 14.4 Å². The van der Waals surface area contributed by atoms with E-state index in [2.05, 4.69) is 32.3 Å². The molecule has 2 aromatic carbocycles. The van der Waals surface area contributed by atoms with Gasteiger partial charge in [-0.15, -0.1) is 11.8 Å². The van der Waals surface area contributed by atoms with Crippen molar-refractivity contribution in [2.45, 2.75) is 50.4 Å². The Labute approximate surface area is 256 Å². The minimum absolute atomic E-state index is 0.0621. The quantitative estimate of drug-likeness (QED) is 0.164. The minimum Gasteiger partial charge on any atom is -0.496 e. The summed E-state index contributed by atoms with van der Waals surface area (Å²) >= 11 is 1.44. The first-order valence-corrected chi connectivity index (χ1v) is 15.7. The van der Waals surface area contributed by atoms with E-state index < -0.39 is 23.2 Å². The smallest absolute Gasteiger partial charge is 0.268 e. The zero-order valence-electron chi connectivity index (χ0n) is 24.8. The monoisotopic (exact) mass is 604 g/mol. The van der Waals surface area contributed by atoms with Crippen LogP contribution < -0.4 is 26.0 Å². The van der Waals surface area contributed by atoms with Crippen LogP contribution >= 0.6 is 11.8 Å². The number of ether oxygens (including phenoxy) is 1. The molecule has 11 heteroatoms. The summed E-state index contributed by atoms with van der Waals surface area (Å²) < 4.78 is 5.41. The number of hydrogen-bond acceptors (Lipinski definition) is 7. The molecule has 3 aromatic rings. The van der Waals surface area contributed by atoms with Gasteiger partial charge in [-0.25, -0.2) is 0 Å². The zero-order valence-corrected chi connectivity index (χ0v) is 25.6. The van der Waals surface area contributed by atoms with Gasteiger partial charge in [-0.2, -0.15) is 5.26 Å². The summed E-state index contributed by atoms with van der Waals surface area (Å²) in [7, 11) is 1.57. The summed E-state index contributed by atoms with van der Waals surface area (Å²) in [6.07, 6.45) is 1.40. The molecule has 0 saturated carbocycles. The number of nitrogens with zero attached hydrogens (tertiary/aromatic N) is 1. The highest BCUT2D eigenvalue weighted by Crippen LogP contribution is 2.27. The molecular formula is C32H40N6O4S. The molecule has 3 amide bonds. The molecule has 1 saturated heterocycles. The van der Waals surface area contributed by atoms with Crippen molar-refractivity contribution in [3.05, 3.63) is 60.3 Å². The fourth-order valence-electron chi connectivity index (χ4n) is 5.27. The summed E-state index contributed by atoms with van der Waals surface area (Å²) in [5.74, 6) is 0.250. The molecule has 5 N–H and O–H groups in total. The van der Waals surface area contributed by atoms with Crippen LogP contribution in [0, 0.1) is 23.2 Å². The third kappa shape index (κ3) is 8.67. The van der Waals surface area contributed by atoms with Crippen LogP contribution in [-0.2, 0) is 9.59 Å². The van der Waals surface area contributed by atoms with Crippen molar-refractivity contribution >= 4 is 46.1 Å². The normalized spacial score (nSPS) is 16.6. The van der Waals surface area contributed by atoms with E-state index in [1.165, 1.54) is 11.8 Å². The fourth-order valence-corrected chi connectivity index (χ4v) is 6.23. The Morgan fingerprint density at radius 3 is 2.60 bits per heavy atom. The molecule has 43 heavy (non-hydrogen) atoms. The predicted molar refractivity (Wildman–Crippen MR) is 170 cm³/mol. The Kier molecular flexibility index (Phi) is 11.3. The lowest BCUT2D eigenvalue weighted by Gasteiger charge is -2.28. The molecule has 0 radical (unpaired) electrons. The molecular weight excluding hydrogens is 564 g/mol. The van der Waals surface area contributed by atoms with Crippen molar-refractivity contribution in [3.63, 3.8) is 0 Å². The first-order valence-electron chi connectivity index (χ1n) is 14.6. The van der Waals surface area contributed by atoms with Gasteiger partial charge in [-0.1, -0.05) is 38.1 Å².